The number of methoxy groups -OCH3 is 1. The first kappa shape index (κ1) is 9.99. The molecule has 2 nitrogen and oxygen atoms in total. The van der Waals surface area contributed by atoms with Crippen LogP contribution in [0, 0.1) is 0 Å². The summed E-state index contributed by atoms with van der Waals surface area (Å²) in [7, 11) is 1.67. The highest BCUT2D eigenvalue weighted by Crippen LogP contribution is 2.26. The summed E-state index contributed by atoms with van der Waals surface area (Å²) in [4.78, 5) is 0. The van der Waals surface area contributed by atoms with E-state index in [0.717, 1.165) is 22.1 Å². The molecule has 2 heteroatoms. The highest BCUT2D eigenvalue weighted by molar-refractivity contribution is 5.88. The summed E-state index contributed by atoms with van der Waals surface area (Å²) in [6.45, 7) is 0.181. The molecule has 0 radical (unpaired) electrons. The van der Waals surface area contributed by atoms with Crippen molar-refractivity contribution in [1.29, 1.82) is 0 Å². The molecule has 0 bridgehead atoms. The molecule has 0 aliphatic heterocycles. The highest BCUT2D eigenvalue weighted by Gasteiger charge is 2.01. The maximum atomic E-state index is 8.89. The molecule has 15 heavy (non-hydrogen) atoms. The van der Waals surface area contributed by atoms with Gasteiger partial charge in [0.15, 0.2) is 0 Å². The maximum absolute atomic E-state index is 8.89. The van der Waals surface area contributed by atoms with Crippen molar-refractivity contribution < 1.29 is 9.84 Å². The Kier molecular flexibility index (Phi) is 2.88. The Hall–Kier alpha value is -1.54. The van der Waals surface area contributed by atoms with Crippen LogP contribution in [0.1, 0.15) is 5.56 Å². The van der Waals surface area contributed by atoms with E-state index >= 15 is 0 Å². The molecule has 0 spiro atoms. The van der Waals surface area contributed by atoms with Crippen LogP contribution >= 0.6 is 0 Å². The summed E-state index contributed by atoms with van der Waals surface area (Å²) in [5.74, 6) is 0.882. The fourth-order valence-electron chi connectivity index (χ4n) is 1.75. The number of hydrogen-bond donors (Lipinski definition) is 1. The van der Waals surface area contributed by atoms with Crippen molar-refractivity contribution in [2.24, 2.45) is 0 Å². The van der Waals surface area contributed by atoms with E-state index in [9.17, 15) is 0 Å². The van der Waals surface area contributed by atoms with Gasteiger partial charge in [0.1, 0.15) is 5.75 Å². The highest BCUT2D eigenvalue weighted by atomic mass is 16.5. The largest absolute Gasteiger partial charge is 0.496 e. The average molecular weight is 202 g/mol. The molecular formula is C13H14O2. The summed E-state index contributed by atoms with van der Waals surface area (Å²) < 4.78 is 5.30. The minimum atomic E-state index is 0.181. The smallest absolute Gasteiger partial charge is 0.126 e. The molecule has 0 saturated carbocycles. The van der Waals surface area contributed by atoms with Gasteiger partial charge in [0.25, 0.3) is 0 Å². The standard InChI is InChI=1S/C13H14O2/c1-15-13-4-2-3-11-6-5-10(7-8-14)9-12(11)13/h2-6,9,14H,7-8H2,1H3. The Balaban J connectivity index is 2.57. The van der Waals surface area contributed by atoms with Crippen LogP contribution in [0.3, 0.4) is 0 Å². The lowest BCUT2D eigenvalue weighted by atomic mass is 10.0. The molecule has 2 aromatic carbocycles. The fourth-order valence-corrected chi connectivity index (χ4v) is 1.75. The van der Waals surface area contributed by atoms with E-state index < -0.39 is 0 Å². The van der Waals surface area contributed by atoms with Gasteiger partial charge >= 0.3 is 0 Å². The minimum Gasteiger partial charge on any atom is -0.496 e. The Morgan fingerprint density at radius 2 is 2.07 bits per heavy atom. The van der Waals surface area contributed by atoms with Crippen LogP contribution in [-0.4, -0.2) is 18.8 Å². The molecule has 0 saturated heterocycles. The molecule has 78 valence electrons. The molecule has 2 aromatic rings. The lowest BCUT2D eigenvalue weighted by molar-refractivity contribution is 0.299. The number of benzene rings is 2. The van der Waals surface area contributed by atoms with Crippen molar-refractivity contribution in [2.45, 2.75) is 6.42 Å². The van der Waals surface area contributed by atoms with Gasteiger partial charge in [-0.1, -0.05) is 24.3 Å². The Morgan fingerprint density at radius 1 is 1.20 bits per heavy atom. The van der Waals surface area contributed by atoms with Crippen LogP contribution in [0.25, 0.3) is 10.8 Å². The van der Waals surface area contributed by atoms with Gasteiger partial charge < -0.3 is 9.84 Å². The topological polar surface area (TPSA) is 29.5 Å². The molecule has 0 fully saturated rings. The number of aliphatic hydroxyl groups excluding tert-OH is 1. The van der Waals surface area contributed by atoms with Gasteiger partial charge in [0.05, 0.1) is 7.11 Å². The maximum Gasteiger partial charge on any atom is 0.126 e. The lowest BCUT2D eigenvalue weighted by Gasteiger charge is -2.06. The fraction of sp³-hybridized carbons (Fsp3) is 0.231. The van der Waals surface area contributed by atoms with Crippen LogP contribution in [-0.2, 0) is 6.42 Å². The van der Waals surface area contributed by atoms with Crippen molar-refractivity contribution in [2.75, 3.05) is 13.7 Å². The summed E-state index contributed by atoms with van der Waals surface area (Å²) in [6.07, 6.45) is 0.688. The lowest BCUT2D eigenvalue weighted by Crippen LogP contribution is -1.91. The van der Waals surface area contributed by atoms with Gasteiger partial charge in [-0.05, 0) is 29.5 Å². The van der Waals surface area contributed by atoms with Crippen LogP contribution < -0.4 is 4.74 Å². The van der Waals surface area contributed by atoms with Gasteiger partial charge in [0.2, 0.25) is 0 Å². The van der Waals surface area contributed by atoms with Crippen molar-refractivity contribution in [1.82, 2.24) is 0 Å². The number of ether oxygens (including phenoxy) is 1. The monoisotopic (exact) mass is 202 g/mol. The average Bonchev–Trinajstić information content (AvgIpc) is 2.28. The Morgan fingerprint density at radius 3 is 2.80 bits per heavy atom. The van der Waals surface area contributed by atoms with Gasteiger partial charge in [-0.2, -0.15) is 0 Å². The van der Waals surface area contributed by atoms with Crippen molar-refractivity contribution in [3.05, 3.63) is 42.0 Å². The normalized spacial score (nSPS) is 10.5. The number of hydrogen-bond acceptors (Lipinski definition) is 2. The van der Waals surface area contributed by atoms with E-state index in [1.54, 1.807) is 7.11 Å². The van der Waals surface area contributed by atoms with Crippen LogP contribution in [0.15, 0.2) is 36.4 Å². The first-order valence-electron chi connectivity index (χ1n) is 5.01. The molecule has 0 amide bonds. The van der Waals surface area contributed by atoms with Crippen molar-refractivity contribution in [3.8, 4) is 5.75 Å². The number of aliphatic hydroxyl groups is 1. The molecule has 0 aliphatic rings. The van der Waals surface area contributed by atoms with Crippen molar-refractivity contribution in [3.63, 3.8) is 0 Å². The zero-order valence-corrected chi connectivity index (χ0v) is 8.73. The van der Waals surface area contributed by atoms with Gasteiger partial charge in [-0.3, -0.25) is 0 Å². The van der Waals surface area contributed by atoms with Gasteiger partial charge in [-0.25, -0.2) is 0 Å². The van der Waals surface area contributed by atoms with E-state index in [-0.39, 0.29) is 6.61 Å². The molecule has 0 aromatic heterocycles. The summed E-state index contributed by atoms with van der Waals surface area (Å²) in [6, 6.07) is 12.2. The minimum absolute atomic E-state index is 0.181. The van der Waals surface area contributed by atoms with E-state index in [0.29, 0.717) is 6.42 Å². The molecule has 0 unspecified atom stereocenters. The Labute approximate surface area is 89.1 Å². The zero-order chi connectivity index (χ0) is 10.7. The second kappa shape index (κ2) is 4.32. The molecule has 1 N–H and O–H groups in total. The van der Waals surface area contributed by atoms with E-state index in [1.165, 1.54) is 0 Å². The third-order valence-electron chi connectivity index (χ3n) is 2.53. The first-order chi connectivity index (χ1) is 7.35. The van der Waals surface area contributed by atoms with Crippen molar-refractivity contribution >= 4 is 10.8 Å². The summed E-state index contributed by atoms with van der Waals surface area (Å²) in [5.41, 5.74) is 1.13. The second-order valence-corrected chi connectivity index (χ2v) is 3.49. The zero-order valence-electron chi connectivity index (χ0n) is 8.73. The third-order valence-corrected chi connectivity index (χ3v) is 2.53. The second-order valence-electron chi connectivity index (χ2n) is 3.49. The quantitative estimate of drug-likeness (QED) is 0.828. The summed E-state index contributed by atoms with van der Waals surface area (Å²) >= 11 is 0. The van der Waals surface area contributed by atoms with E-state index in [4.69, 9.17) is 9.84 Å². The summed E-state index contributed by atoms with van der Waals surface area (Å²) in [5, 5.41) is 11.2. The molecule has 0 aliphatic carbocycles. The molecule has 0 heterocycles. The van der Waals surface area contributed by atoms with Crippen LogP contribution in [0.2, 0.25) is 0 Å². The predicted molar refractivity (Wildman–Crippen MR) is 61.3 cm³/mol. The first-order valence-corrected chi connectivity index (χ1v) is 5.01. The number of rotatable bonds is 3. The van der Waals surface area contributed by atoms with E-state index in [2.05, 4.69) is 18.2 Å². The van der Waals surface area contributed by atoms with E-state index in [1.807, 2.05) is 18.2 Å². The SMILES string of the molecule is COc1cccc2ccc(CCO)cc12. The molecular weight excluding hydrogens is 188 g/mol. The third kappa shape index (κ3) is 1.95. The van der Waals surface area contributed by atoms with Gasteiger partial charge in [-0.15, -0.1) is 0 Å². The van der Waals surface area contributed by atoms with Gasteiger partial charge in [0, 0.05) is 12.0 Å². The molecule has 0 atom stereocenters. The van der Waals surface area contributed by atoms with Crippen LogP contribution in [0.5, 0.6) is 5.75 Å². The van der Waals surface area contributed by atoms with Crippen LogP contribution in [0.4, 0.5) is 0 Å². The predicted octanol–water partition coefficient (Wildman–Crippen LogP) is 2.38. The Bertz CT molecular complexity index is 463. The molecule has 2 rings (SSSR count). The number of fused-ring (bicyclic) bond motifs is 1.